The van der Waals surface area contributed by atoms with Crippen molar-refractivity contribution in [2.24, 2.45) is 0 Å². The normalized spacial score (nSPS) is 13.1. The largest absolute Gasteiger partial charge is 0.475 e. The molecular weight excluding hydrogens is 506 g/mol. The van der Waals surface area contributed by atoms with Gasteiger partial charge in [0.25, 0.3) is 0 Å². The lowest BCUT2D eigenvalue weighted by molar-refractivity contribution is -0.415. The first-order valence-corrected chi connectivity index (χ1v) is 9.38. The summed E-state index contributed by atoms with van der Waals surface area (Å²) in [5.41, 5.74) is 0.287. The quantitative estimate of drug-likeness (QED) is 0.290. The van der Waals surface area contributed by atoms with E-state index in [2.05, 4.69) is 16.1 Å². The van der Waals surface area contributed by atoms with Gasteiger partial charge in [-0.2, -0.15) is 43.5 Å². The predicted molar refractivity (Wildman–Crippen MR) is 88.7 cm³/mol. The first-order valence-electron chi connectivity index (χ1n) is 7.94. The van der Waals surface area contributed by atoms with Gasteiger partial charge >= 0.3 is 28.3 Å². The highest BCUT2D eigenvalue weighted by atomic mass is 32.2. The maximum absolute atomic E-state index is 13.9. The third kappa shape index (κ3) is 4.71. The fourth-order valence-corrected chi connectivity index (χ4v) is 2.79. The minimum Gasteiger partial charge on any atom is -0.428 e. The third-order valence-corrected chi connectivity index (χ3v) is 4.64. The van der Waals surface area contributed by atoms with E-state index in [1.165, 1.54) is 6.08 Å². The summed E-state index contributed by atoms with van der Waals surface area (Å²) in [6.07, 6.45) is -11.5. The summed E-state index contributed by atoms with van der Waals surface area (Å²) in [5, 5.41) is 0. The van der Waals surface area contributed by atoms with Gasteiger partial charge in [0.1, 0.15) is 5.75 Å². The Morgan fingerprint density at radius 3 is 1.61 bits per heavy atom. The average Bonchev–Trinajstić information content (AvgIpc) is 2.69. The highest BCUT2D eigenvalue weighted by Gasteiger charge is 2.77. The molecule has 0 fully saturated rings. The first kappa shape index (κ1) is 26.2. The predicted octanol–water partition coefficient (Wildman–Crippen LogP) is 5.41. The van der Waals surface area contributed by atoms with E-state index in [-0.39, 0.29) is 5.56 Å². The minimum atomic E-state index is -6.73. The van der Waals surface area contributed by atoms with Crippen molar-refractivity contribution >= 4 is 16.2 Å². The van der Waals surface area contributed by atoms with E-state index in [0.29, 0.717) is 12.1 Å². The Kier molecular flexibility index (Phi) is 6.68. The van der Waals surface area contributed by atoms with E-state index in [0.717, 1.165) is 12.1 Å². The monoisotopic (exact) mass is 514 g/mol. The molecule has 0 amide bonds. The zero-order valence-corrected chi connectivity index (χ0v) is 16.2. The number of rotatable bonds is 8. The van der Waals surface area contributed by atoms with Gasteiger partial charge in [0, 0.05) is 0 Å². The molecule has 0 atom stereocenters. The molecule has 0 aliphatic rings. The van der Waals surface area contributed by atoms with Crippen molar-refractivity contribution in [3.8, 4) is 11.5 Å². The van der Waals surface area contributed by atoms with Gasteiger partial charge in [-0.1, -0.05) is 24.8 Å². The Balaban J connectivity index is 2.49. The van der Waals surface area contributed by atoms with E-state index in [4.69, 9.17) is 4.55 Å². The maximum Gasteiger partial charge on any atom is 0.475 e. The Bertz CT molecular complexity index is 1150. The lowest BCUT2D eigenvalue weighted by atomic mass is 10.2. The van der Waals surface area contributed by atoms with Gasteiger partial charge in [-0.3, -0.25) is 4.55 Å². The third-order valence-electron chi connectivity index (χ3n) is 3.76. The Labute approximate surface area is 177 Å². The second-order valence-electron chi connectivity index (χ2n) is 5.97. The maximum atomic E-state index is 13.9. The van der Waals surface area contributed by atoms with Crippen LogP contribution in [0, 0.1) is 23.3 Å². The number of halogens is 10. The molecule has 33 heavy (non-hydrogen) atoms. The summed E-state index contributed by atoms with van der Waals surface area (Å²) in [5.74, 6) is -23.2. The van der Waals surface area contributed by atoms with Crippen molar-refractivity contribution < 1.29 is 66.3 Å². The number of hydrogen-bond acceptors (Lipinski definition) is 4. The molecule has 1 N–H and O–H groups in total. The lowest BCUT2D eigenvalue weighted by Crippen LogP contribution is -2.59. The van der Waals surface area contributed by atoms with Crippen LogP contribution in [0.3, 0.4) is 0 Å². The molecule has 0 aliphatic carbocycles. The van der Waals surface area contributed by atoms with E-state index in [9.17, 15) is 52.3 Å². The Hall–Kier alpha value is -3.01. The summed E-state index contributed by atoms with van der Waals surface area (Å²) in [4.78, 5) is -2.71. The molecule has 0 spiro atoms. The summed E-state index contributed by atoms with van der Waals surface area (Å²) in [6.45, 7) is 3.31. The molecule has 2 aromatic rings. The van der Waals surface area contributed by atoms with Crippen molar-refractivity contribution in [2.45, 2.75) is 23.0 Å². The van der Waals surface area contributed by atoms with Gasteiger partial charge in [-0.15, -0.1) is 0 Å². The van der Waals surface area contributed by atoms with Crippen molar-refractivity contribution in [1.82, 2.24) is 0 Å². The molecule has 0 aromatic heterocycles. The zero-order valence-electron chi connectivity index (χ0n) is 15.4. The topological polar surface area (TPSA) is 72.8 Å². The van der Waals surface area contributed by atoms with Crippen molar-refractivity contribution in [3.63, 3.8) is 0 Å². The van der Waals surface area contributed by atoms with E-state index >= 15 is 0 Å². The smallest absolute Gasteiger partial charge is 0.428 e. The van der Waals surface area contributed by atoms with E-state index in [1.54, 1.807) is 0 Å². The highest BCUT2D eigenvalue weighted by molar-refractivity contribution is 7.85. The standard InChI is InChI=1S/C17H8F10O5S/c1-2-7-3-5-8(6-4-7)31-16(24,25)15(22,23)17(26,27)32-13-9(18)11(20)14(33(28,29)30)12(21)10(13)19/h2-6H,1H2,(H,28,29,30). The number of ether oxygens (including phenoxy) is 2. The summed E-state index contributed by atoms with van der Waals surface area (Å²) < 4.78 is 175. The summed E-state index contributed by atoms with van der Waals surface area (Å²) in [6, 6.07) is 3.33. The van der Waals surface area contributed by atoms with Crippen LogP contribution in [0.4, 0.5) is 43.9 Å². The van der Waals surface area contributed by atoms with Crippen LogP contribution < -0.4 is 9.47 Å². The van der Waals surface area contributed by atoms with Gasteiger partial charge in [0.15, 0.2) is 16.5 Å². The fraction of sp³-hybridized carbons (Fsp3) is 0.176. The van der Waals surface area contributed by atoms with E-state index < -0.39 is 67.9 Å². The number of benzene rings is 2. The van der Waals surface area contributed by atoms with Gasteiger partial charge in [0.2, 0.25) is 17.4 Å². The van der Waals surface area contributed by atoms with Gasteiger partial charge in [-0.05, 0) is 17.7 Å². The number of hydrogen-bond donors (Lipinski definition) is 1. The first-order chi connectivity index (χ1) is 14.9. The van der Waals surface area contributed by atoms with Crippen LogP contribution in [0.2, 0.25) is 0 Å². The van der Waals surface area contributed by atoms with E-state index in [1.807, 2.05) is 0 Å². The Morgan fingerprint density at radius 2 is 1.21 bits per heavy atom. The molecular formula is C17H8F10O5S. The minimum absolute atomic E-state index is 0.287. The van der Waals surface area contributed by atoms with Crippen molar-refractivity contribution in [2.75, 3.05) is 0 Å². The molecule has 182 valence electrons. The highest BCUT2D eigenvalue weighted by Crippen LogP contribution is 2.48. The van der Waals surface area contributed by atoms with Crippen LogP contribution in [0.5, 0.6) is 11.5 Å². The molecule has 0 bridgehead atoms. The molecule has 0 saturated carbocycles. The SMILES string of the molecule is C=Cc1ccc(OC(F)(F)C(F)(F)C(F)(F)Oc2c(F)c(F)c(S(=O)(=O)O)c(F)c2F)cc1. The molecule has 0 radical (unpaired) electrons. The van der Waals surface area contributed by atoms with Crippen LogP contribution in [0.25, 0.3) is 6.08 Å². The molecule has 0 unspecified atom stereocenters. The molecule has 16 heteroatoms. The second kappa shape index (κ2) is 8.40. The molecule has 0 saturated heterocycles. The van der Waals surface area contributed by atoms with Crippen molar-refractivity contribution in [1.29, 1.82) is 0 Å². The van der Waals surface area contributed by atoms with Crippen LogP contribution in [-0.2, 0) is 10.1 Å². The molecule has 0 heterocycles. The average molecular weight is 514 g/mol. The fourth-order valence-electron chi connectivity index (χ4n) is 2.15. The zero-order chi connectivity index (χ0) is 25.6. The Morgan fingerprint density at radius 1 is 0.788 bits per heavy atom. The van der Waals surface area contributed by atoms with Crippen LogP contribution in [-0.4, -0.2) is 31.1 Å². The van der Waals surface area contributed by atoms with Gasteiger partial charge in [0.05, 0.1) is 0 Å². The molecule has 2 aromatic carbocycles. The molecule has 5 nitrogen and oxygen atoms in total. The van der Waals surface area contributed by atoms with Crippen LogP contribution in [0.1, 0.15) is 5.56 Å². The molecule has 2 rings (SSSR count). The number of alkyl halides is 6. The van der Waals surface area contributed by atoms with Crippen LogP contribution >= 0.6 is 0 Å². The lowest BCUT2D eigenvalue weighted by Gasteiger charge is -2.31. The van der Waals surface area contributed by atoms with Crippen molar-refractivity contribution in [3.05, 3.63) is 59.7 Å². The van der Waals surface area contributed by atoms with Gasteiger partial charge < -0.3 is 9.47 Å². The molecule has 0 aliphatic heterocycles. The van der Waals surface area contributed by atoms with Gasteiger partial charge in [-0.25, -0.2) is 8.78 Å². The summed E-state index contributed by atoms with van der Waals surface area (Å²) in [7, 11) is -6.03. The van der Waals surface area contributed by atoms with Crippen LogP contribution in [0.15, 0.2) is 35.7 Å². The second-order valence-corrected chi connectivity index (χ2v) is 7.33. The summed E-state index contributed by atoms with van der Waals surface area (Å²) >= 11 is 0.